The van der Waals surface area contributed by atoms with E-state index >= 15 is 0 Å². The zero-order valence-electron chi connectivity index (χ0n) is 14.6. The number of benzene rings is 2. The number of hydrogen-bond donors (Lipinski definition) is 1. The molecule has 0 bridgehead atoms. The van der Waals surface area contributed by atoms with Gasteiger partial charge in [-0.15, -0.1) is 0 Å². The lowest BCUT2D eigenvalue weighted by molar-refractivity contribution is 0.102. The molecule has 8 heteroatoms. The summed E-state index contributed by atoms with van der Waals surface area (Å²) in [5, 5.41) is 10.6. The van der Waals surface area contributed by atoms with Crippen LogP contribution in [0.1, 0.15) is 22.1 Å². The van der Waals surface area contributed by atoms with Gasteiger partial charge in [-0.3, -0.25) is 4.79 Å². The van der Waals surface area contributed by atoms with Crippen LogP contribution in [0, 0.1) is 13.8 Å². The van der Waals surface area contributed by atoms with E-state index in [9.17, 15) is 4.79 Å². The highest BCUT2D eigenvalue weighted by Crippen LogP contribution is 2.26. The summed E-state index contributed by atoms with van der Waals surface area (Å²) >= 11 is 0. The maximum Gasteiger partial charge on any atom is 0.257 e. The zero-order chi connectivity index (χ0) is 18.8. The highest BCUT2D eigenvalue weighted by Gasteiger charge is 2.14. The Bertz CT molecular complexity index is 1100. The van der Waals surface area contributed by atoms with Crippen LogP contribution in [0.5, 0.6) is 0 Å². The van der Waals surface area contributed by atoms with Crippen LogP contribution in [-0.4, -0.2) is 26.2 Å². The van der Waals surface area contributed by atoms with Gasteiger partial charge in [-0.25, -0.2) is 0 Å². The van der Waals surface area contributed by atoms with Crippen molar-refractivity contribution in [2.45, 2.75) is 13.8 Å². The molecule has 1 amide bonds. The molecular formula is C19H15N5O3. The summed E-state index contributed by atoms with van der Waals surface area (Å²) in [5.41, 5.74) is 2.52. The fraction of sp³-hybridized carbons (Fsp3) is 0.105. The van der Waals surface area contributed by atoms with E-state index in [1.165, 1.54) is 0 Å². The number of anilines is 1. The molecule has 1 N–H and O–H groups in total. The molecule has 2 aromatic carbocycles. The van der Waals surface area contributed by atoms with Crippen LogP contribution in [0.2, 0.25) is 0 Å². The molecule has 2 aromatic heterocycles. The van der Waals surface area contributed by atoms with Crippen LogP contribution in [0.4, 0.5) is 5.69 Å². The number of hydrogen-bond acceptors (Lipinski definition) is 7. The van der Waals surface area contributed by atoms with Gasteiger partial charge in [-0.05, 0) is 43.3 Å². The minimum atomic E-state index is -0.254. The summed E-state index contributed by atoms with van der Waals surface area (Å²) in [6, 6.07) is 14.2. The molecule has 0 aliphatic rings. The van der Waals surface area contributed by atoms with Crippen molar-refractivity contribution in [3.8, 4) is 22.8 Å². The van der Waals surface area contributed by atoms with Gasteiger partial charge in [0, 0.05) is 23.6 Å². The molecule has 0 saturated heterocycles. The van der Waals surface area contributed by atoms with Crippen LogP contribution in [0.15, 0.2) is 57.6 Å². The summed E-state index contributed by atoms with van der Waals surface area (Å²) in [6.45, 7) is 3.46. The van der Waals surface area contributed by atoms with Crippen molar-refractivity contribution in [2.75, 3.05) is 5.32 Å². The van der Waals surface area contributed by atoms with Crippen molar-refractivity contribution in [1.29, 1.82) is 0 Å². The number of aryl methyl sites for hydroxylation is 2. The van der Waals surface area contributed by atoms with E-state index in [2.05, 4.69) is 25.6 Å². The van der Waals surface area contributed by atoms with Gasteiger partial charge in [0.05, 0.1) is 5.69 Å². The number of nitrogens with zero attached hydrogens (tertiary/aromatic N) is 4. The zero-order valence-corrected chi connectivity index (χ0v) is 14.6. The van der Waals surface area contributed by atoms with E-state index in [1.807, 2.05) is 18.2 Å². The normalized spacial score (nSPS) is 10.7. The van der Waals surface area contributed by atoms with Gasteiger partial charge in [0.25, 0.3) is 11.8 Å². The lowest BCUT2D eigenvalue weighted by Crippen LogP contribution is -2.12. The van der Waals surface area contributed by atoms with Crippen LogP contribution >= 0.6 is 0 Å². The molecule has 0 unspecified atom stereocenters. The third-order valence-electron chi connectivity index (χ3n) is 3.87. The van der Waals surface area contributed by atoms with Gasteiger partial charge < -0.3 is 14.4 Å². The molecule has 0 radical (unpaired) electrons. The fourth-order valence-corrected chi connectivity index (χ4v) is 2.57. The number of carbonyl (C=O) groups excluding carboxylic acids is 1. The minimum absolute atomic E-state index is 0.254. The maximum atomic E-state index is 12.6. The first-order chi connectivity index (χ1) is 13.1. The van der Waals surface area contributed by atoms with E-state index in [0.29, 0.717) is 40.2 Å². The first-order valence-electron chi connectivity index (χ1n) is 8.22. The molecule has 0 atom stereocenters. The molecular weight excluding hydrogens is 346 g/mol. The summed E-state index contributed by atoms with van der Waals surface area (Å²) in [5.74, 6) is 1.59. The van der Waals surface area contributed by atoms with E-state index < -0.39 is 0 Å². The summed E-state index contributed by atoms with van der Waals surface area (Å²) < 4.78 is 10.2. The predicted molar refractivity (Wildman–Crippen MR) is 96.9 cm³/mol. The largest absolute Gasteiger partial charge is 0.339 e. The average Bonchev–Trinajstić information content (AvgIpc) is 3.31. The Hall–Kier alpha value is -3.81. The molecule has 27 heavy (non-hydrogen) atoms. The molecule has 4 aromatic rings. The highest BCUT2D eigenvalue weighted by atomic mass is 16.5. The van der Waals surface area contributed by atoms with Crippen molar-refractivity contribution < 1.29 is 13.8 Å². The topological polar surface area (TPSA) is 107 Å². The van der Waals surface area contributed by atoms with Gasteiger partial charge >= 0.3 is 0 Å². The highest BCUT2D eigenvalue weighted by molar-refractivity contribution is 6.06. The minimum Gasteiger partial charge on any atom is -0.339 e. The number of carbonyl (C=O) groups is 1. The van der Waals surface area contributed by atoms with Gasteiger partial charge in [0.2, 0.25) is 11.7 Å². The van der Waals surface area contributed by atoms with Gasteiger partial charge in [0.15, 0.2) is 5.82 Å². The Labute approximate surface area is 154 Å². The third kappa shape index (κ3) is 3.45. The Morgan fingerprint density at radius 1 is 0.926 bits per heavy atom. The summed E-state index contributed by atoms with van der Waals surface area (Å²) in [4.78, 5) is 21.0. The van der Waals surface area contributed by atoms with Crippen LogP contribution < -0.4 is 5.32 Å². The molecule has 0 aliphatic carbocycles. The lowest BCUT2D eigenvalue weighted by Gasteiger charge is -2.09. The average molecular weight is 361 g/mol. The number of aromatic nitrogens is 4. The molecule has 2 heterocycles. The van der Waals surface area contributed by atoms with Crippen molar-refractivity contribution in [3.63, 3.8) is 0 Å². The van der Waals surface area contributed by atoms with Gasteiger partial charge in [-0.1, -0.05) is 22.4 Å². The number of para-hydroxylation sites is 1. The molecule has 8 nitrogen and oxygen atoms in total. The van der Waals surface area contributed by atoms with Crippen LogP contribution in [0.3, 0.4) is 0 Å². The van der Waals surface area contributed by atoms with Crippen LogP contribution in [-0.2, 0) is 0 Å². The number of amides is 1. The Morgan fingerprint density at radius 2 is 1.70 bits per heavy atom. The first kappa shape index (κ1) is 16.6. The summed E-state index contributed by atoms with van der Waals surface area (Å²) in [6.07, 6.45) is 0. The maximum absolute atomic E-state index is 12.6. The SMILES string of the molecule is Cc1noc(-c2ccc(C(=O)Nc3ccccc3-c3noc(C)n3)cc2)n1. The first-order valence-corrected chi connectivity index (χ1v) is 8.22. The molecule has 0 saturated carbocycles. The number of nitrogens with one attached hydrogen (secondary N) is 1. The molecule has 0 spiro atoms. The summed E-state index contributed by atoms with van der Waals surface area (Å²) in [7, 11) is 0. The second-order valence-electron chi connectivity index (χ2n) is 5.86. The predicted octanol–water partition coefficient (Wildman–Crippen LogP) is 3.66. The second-order valence-corrected chi connectivity index (χ2v) is 5.86. The fourth-order valence-electron chi connectivity index (χ4n) is 2.57. The second kappa shape index (κ2) is 6.83. The standard InChI is InChI=1S/C19H15N5O3/c1-11-20-19(27-23-11)14-9-7-13(8-10-14)18(25)22-16-6-4-3-5-15(16)17-21-12(2)26-24-17/h3-10H,1-2H3,(H,22,25). The van der Waals surface area contributed by atoms with Crippen molar-refractivity contribution >= 4 is 11.6 Å². The van der Waals surface area contributed by atoms with E-state index in [4.69, 9.17) is 9.05 Å². The molecule has 4 rings (SSSR count). The van der Waals surface area contributed by atoms with Gasteiger partial charge in [0.1, 0.15) is 0 Å². The van der Waals surface area contributed by atoms with Crippen molar-refractivity contribution in [3.05, 3.63) is 65.8 Å². The molecule has 0 fully saturated rings. The Kier molecular flexibility index (Phi) is 4.21. The smallest absolute Gasteiger partial charge is 0.257 e. The molecule has 0 aliphatic heterocycles. The monoisotopic (exact) mass is 361 g/mol. The molecule has 134 valence electrons. The van der Waals surface area contributed by atoms with E-state index in [-0.39, 0.29) is 5.91 Å². The van der Waals surface area contributed by atoms with E-state index in [1.54, 1.807) is 44.2 Å². The Morgan fingerprint density at radius 3 is 2.37 bits per heavy atom. The Balaban J connectivity index is 1.56. The van der Waals surface area contributed by atoms with E-state index in [0.717, 1.165) is 5.56 Å². The van der Waals surface area contributed by atoms with Crippen molar-refractivity contribution in [2.24, 2.45) is 0 Å². The van der Waals surface area contributed by atoms with Crippen LogP contribution in [0.25, 0.3) is 22.8 Å². The third-order valence-corrected chi connectivity index (χ3v) is 3.87. The van der Waals surface area contributed by atoms with Crippen molar-refractivity contribution in [1.82, 2.24) is 20.3 Å². The lowest BCUT2D eigenvalue weighted by atomic mass is 10.1. The quantitative estimate of drug-likeness (QED) is 0.591. The number of rotatable bonds is 4. The van der Waals surface area contributed by atoms with Gasteiger partial charge in [-0.2, -0.15) is 9.97 Å².